The van der Waals surface area contributed by atoms with Crippen LogP contribution in [0.4, 0.5) is 0 Å². The Labute approximate surface area is 192 Å². The summed E-state index contributed by atoms with van der Waals surface area (Å²) in [6, 6.07) is 7.62. The van der Waals surface area contributed by atoms with E-state index in [9.17, 15) is 9.59 Å². The van der Waals surface area contributed by atoms with Crippen molar-refractivity contribution in [3.63, 3.8) is 0 Å². The molecule has 0 bridgehead atoms. The maximum Gasteiger partial charge on any atom is 0.274 e. The molecule has 3 aromatic rings. The van der Waals surface area contributed by atoms with Crippen LogP contribution in [0, 0.1) is 5.92 Å². The molecule has 1 fully saturated rings. The molecular weight excluding hydrogens is 420 g/mol. The molecule has 1 aliphatic rings. The van der Waals surface area contributed by atoms with Crippen molar-refractivity contribution < 1.29 is 14.3 Å². The summed E-state index contributed by atoms with van der Waals surface area (Å²) < 4.78 is 7.04. The second-order valence-electron chi connectivity index (χ2n) is 8.19. The Morgan fingerprint density at radius 3 is 2.70 bits per heavy atom. The molecule has 1 aliphatic heterocycles. The highest BCUT2D eigenvalue weighted by atomic mass is 16.5. The number of ether oxygens (including phenoxy) is 1. The molecule has 9 nitrogen and oxygen atoms in total. The van der Waals surface area contributed by atoms with Crippen molar-refractivity contribution >= 4 is 11.8 Å². The summed E-state index contributed by atoms with van der Waals surface area (Å²) in [5, 5.41) is 7.53. The van der Waals surface area contributed by atoms with Crippen LogP contribution >= 0.6 is 0 Å². The van der Waals surface area contributed by atoms with Crippen molar-refractivity contribution in [1.29, 1.82) is 0 Å². The summed E-state index contributed by atoms with van der Waals surface area (Å²) in [5.74, 6) is 0.855. The fourth-order valence-corrected chi connectivity index (χ4v) is 4.18. The molecule has 3 heterocycles. The van der Waals surface area contributed by atoms with E-state index >= 15 is 0 Å². The number of rotatable bonds is 7. The maximum atomic E-state index is 12.9. The number of aromatic nitrogens is 4. The summed E-state index contributed by atoms with van der Waals surface area (Å²) in [5.41, 5.74) is 2.66. The number of hydrogen-bond acceptors (Lipinski definition) is 6. The lowest BCUT2D eigenvalue weighted by Crippen LogP contribution is -2.39. The molecule has 0 spiro atoms. The van der Waals surface area contributed by atoms with Gasteiger partial charge in [0.2, 0.25) is 0 Å². The van der Waals surface area contributed by atoms with Gasteiger partial charge in [-0.15, -0.1) is 0 Å². The third-order valence-corrected chi connectivity index (χ3v) is 5.95. The molecular formula is C24H28N6O3. The van der Waals surface area contributed by atoms with Crippen molar-refractivity contribution in [2.45, 2.75) is 25.8 Å². The van der Waals surface area contributed by atoms with Crippen molar-refractivity contribution in [1.82, 2.24) is 30.0 Å². The molecule has 4 rings (SSSR count). The van der Waals surface area contributed by atoms with Crippen LogP contribution < -0.4 is 10.1 Å². The van der Waals surface area contributed by atoms with E-state index in [0.29, 0.717) is 43.2 Å². The number of carbonyl (C=O) groups excluding carboxylic acids is 2. The number of hydrogen-bond donors (Lipinski definition) is 1. The van der Waals surface area contributed by atoms with E-state index in [-0.39, 0.29) is 11.8 Å². The molecule has 2 aromatic heterocycles. The number of aryl methyl sites for hydroxylation is 1. The van der Waals surface area contributed by atoms with Gasteiger partial charge in [-0.2, -0.15) is 5.10 Å². The number of piperidine rings is 1. The van der Waals surface area contributed by atoms with Crippen molar-refractivity contribution in [2.75, 3.05) is 20.2 Å². The number of benzene rings is 1. The highest BCUT2D eigenvalue weighted by molar-refractivity contribution is 5.95. The van der Waals surface area contributed by atoms with Gasteiger partial charge in [-0.25, -0.2) is 4.98 Å². The molecule has 1 aromatic carbocycles. The first-order valence-electron chi connectivity index (χ1n) is 11.0. The summed E-state index contributed by atoms with van der Waals surface area (Å²) in [6.07, 6.45) is 8.75. The van der Waals surface area contributed by atoms with Gasteiger partial charge in [0.15, 0.2) is 0 Å². The van der Waals surface area contributed by atoms with Crippen LogP contribution in [0.25, 0.3) is 0 Å². The van der Waals surface area contributed by atoms with Crippen LogP contribution in [0.2, 0.25) is 0 Å². The van der Waals surface area contributed by atoms with Gasteiger partial charge in [-0.1, -0.05) is 18.2 Å². The lowest BCUT2D eigenvalue weighted by Gasteiger charge is -2.31. The minimum absolute atomic E-state index is 0.0872. The van der Waals surface area contributed by atoms with E-state index in [0.717, 1.165) is 29.8 Å². The predicted molar refractivity (Wildman–Crippen MR) is 122 cm³/mol. The second-order valence-corrected chi connectivity index (χ2v) is 8.19. The maximum absolute atomic E-state index is 12.9. The van der Waals surface area contributed by atoms with Crippen molar-refractivity contribution in [3.05, 3.63) is 71.6 Å². The fraction of sp³-hybridized carbons (Fsp3) is 0.375. The summed E-state index contributed by atoms with van der Waals surface area (Å²) >= 11 is 0. The van der Waals surface area contributed by atoms with Gasteiger partial charge >= 0.3 is 0 Å². The van der Waals surface area contributed by atoms with Gasteiger partial charge in [0.1, 0.15) is 11.4 Å². The molecule has 9 heteroatoms. The van der Waals surface area contributed by atoms with Crippen LogP contribution in [-0.4, -0.2) is 56.7 Å². The molecule has 0 saturated carbocycles. The van der Waals surface area contributed by atoms with Crippen molar-refractivity contribution in [3.8, 4) is 5.75 Å². The van der Waals surface area contributed by atoms with E-state index < -0.39 is 0 Å². The van der Waals surface area contributed by atoms with E-state index in [1.54, 1.807) is 24.2 Å². The minimum Gasteiger partial charge on any atom is -0.496 e. The molecule has 33 heavy (non-hydrogen) atoms. The highest BCUT2D eigenvalue weighted by Crippen LogP contribution is 2.24. The van der Waals surface area contributed by atoms with E-state index in [4.69, 9.17) is 4.74 Å². The van der Waals surface area contributed by atoms with Crippen LogP contribution in [0.5, 0.6) is 5.75 Å². The Balaban J connectivity index is 1.35. The zero-order valence-corrected chi connectivity index (χ0v) is 18.9. The zero-order chi connectivity index (χ0) is 23.2. The normalized spacial score (nSPS) is 14.2. The van der Waals surface area contributed by atoms with Gasteiger partial charge in [0.25, 0.3) is 11.8 Å². The Hall–Kier alpha value is -3.75. The quantitative estimate of drug-likeness (QED) is 0.595. The fourth-order valence-electron chi connectivity index (χ4n) is 4.18. The standard InChI is InChI=1S/C24H28N6O3/c1-29-16-19(23(31)27-14-18-5-3-4-6-22(18)33-2)20(28-29)13-17-7-11-30(12-8-17)24(32)21-15-25-9-10-26-21/h3-6,9-10,15-17H,7-8,11-14H2,1-2H3,(H,27,31). The van der Waals surface area contributed by atoms with Crippen molar-refractivity contribution in [2.24, 2.45) is 13.0 Å². The summed E-state index contributed by atoms with van der Waals surface area (Å²) in [6.45, 7) is 1.69. The third kappa shape index (κ3) is 5.36. The zero-order valence-electron chi connectivity index (χ0n) is 18.9. The molecule has 2 amide bonds. The Morgan fingerprint density at radius 1 is 1.18 bits per heavy atom. The number of nitrogens with one attached hydrogen (secondary N) is 1. The third-order valence-electron chi connectivity index (χ3n) is 5.95. The first kappa shape index (κ1) is 22.4. The second kappa shape index (κ2) is 10.2. The average molecular weight is 449 g/mol. The van der Waals surface area contributed by atoms with Gasteiger partial charge in [0, 0.05) is 50.8 Å². The lowest BCUT2D eigenvalue weighted by atomic mass is 9.91. The van der Waals surface area contributed by atoms with E-state index in [1.807, 2.05) is 36.2 Å². The predicted octanol–water partition coefficient (Wildman–Crippen LogP) is 2.24. The molecule has 0 unspecified atom stereocenters. The first-order chi connectivity index (χ1) is 16.0. The minimum atomic E-state index is -0.153. The average Bonchev–Trinajstić information content (AvgIpc) is 3.23. The van der Waals surface area contributed by atoms with Crippen LogP contribution in [0.3, 0.4) is 0 Å². The van der Waals surface area contributed by atoms with Crippen LogP contribution in [0.15, 0.2) is 49.1 Å². The Morgan fingerprint density at radius 2 is 1.97 bits per heavy atom. The number of nitrogens with zero attached hydrogens (tertiary/aromatic N) is 5. The smallest absolute Gasteiger partial charge is 0.274 e. The van der Waals surface area contributed by atoms with E-state index in [2.05, 4.69) is 20.4 Å². The summed E-state index contributed by atoms with van der Waals surface area (Å²) in [7, 11) is 3.44. The number of amides is 2. The van der Waals surface area contributed by atoms with Gasteiger partial charge < -0.3 is 15.0 Å². The number of likely N-dealkylation sites (tertiary alicyclic amines) is 1. The summed E-state index contributed by atoms with van der Waals surface area (Å²) in [4.78, 5) is 35.4. The Bertz CT molecular complexity index is 1110. The largest absolute Gasteiger partial charge is 0.496 e. The number of methoxy groups -OCH3 is 1. The SMILES string of the molecule is COc1ccccc1CNC(=O)c1cn(C)nc1CC1CCN(C(=O)c2cnccn2)CC1. The molecule has 172 valence electrons. The first-order valence-corrected chi connectivity index (χ1v) is 11.0. The van der Waals surface area contributed by atoms with Gasteiger partial charge in [-0.3, -0.25) is 19.3 Å². The van der Waals surface area contributed by atoms with Gasteiger partial charge in [0.05, 0.1) is 24.6 Å². The molecule has 0 radical (unpaired) electrons. The highest BCUT2D eigenvalue weighted by Gasteiger charge is 2.27. The Kier molecular flexibility index (Phi) is 6.97. The molecule has 0 aliphatic carbocycles. The monoisotopic (exact) mass is 448 g/mol. The van der Waals surface area contributed by atoms with Gasteiger partial charge in [-0.05, 0) is 31.2 Å². The molecule has 0 atom stereocenters. The van der Waals surface area contributed by atoms with E-state index in [1.165, 1.54) is 12.4 Å². The number of carbonyl (C=O) groups is 2. The van der Waals surface area contributed by atoms with Crippen LogP contribution in [-0.2, 0) is 20.0 Å². The topological polar surface area (TPSA) is 102 Å². The lowest BCUT2D eigenvalue weighted by molar-refractivity contribution is 0.0683. The molecule has 1 N–H and O–H groups in total. The molecule has 1 saturated heterocycles. The van der Waals surface area contributed by atoms with Crippen LogP contribution in [0.1, 0.15) is 44.9 Å². The number of para-hydroxylation sites is 1.